The summed E-state index contributed by atoms with van der Waals surface area (Å²) in [6.45, 7) is 7.92. The summed E-state index contributed by atoms with van der Waals surface area (Å²) in [6.07, 6.45) is 3.31. The molecule has 186 valence electrons. The molecule has 2 amide bonds. The summed E-state index contributed by atoms with van der Waals surface area (Å²) < 4.78 is 26.7. The average molecular weight is 488 g/mol. The Morgan fingerprint density at radius 1 is 0.971 bits per heavy atom. The Morgan fingerprint density at radius 3 is 2.12 bits per heavy atom. The van der Waals surface area contributed by atoms with E-state index in [0.29, 0.717) is 18.7 Å². The highest BCUT2D eigenvalue weighted by atomic mass is 32.2. The van der Waals surface area contributed by atoms with Gasteiger partial charge in [0.1, 0.15) is 12.6 Å². The van der Waals surface area contributed by atoms with E-state index in [0.717, 1.165) is 40.1 Å². The summed E-state index contributed by atoms with van der Waals surface area (Å²) in [6, 6.07) is 14.2. The number of aryl methyl sites for hydroxylation is 2. The van der Waals surface area contributed by atoms with E-state index in [1.807, 2.05) is 76.2 Å². The average Bonchev–Trinajstić information content (AvgIpc) is 2.78. The summed E-state index contributed by atoms with van der Waals surface area (Å²) in [5.41, 5.74) is 2.89. The number of unbranched alkanes of at least 4 members (excludes halogenated alkanes) is 1. The first-order chi connectivity index (χ1) is 16.1. The minimum absolute atomic E-state index is 0.212. The van der Waals surface area contributed by atoms with Crippen LogP contribution in [0.5, 0.6) is 0 Å². The molecule has 0 heterocycles. The number of rotatable bonds is 12. The highest BCUT2D eigenvalue weighted by Crippen LogP contribution is 2.27. The fraction of sp³-hybridized carbons (Fsp3) is 0.462. The van der Waals surface area contributed by atoms with E-state index < -0.39 is 22.0 Å². The molecule has 0 saturated carbocycles. The number of carbonyl (C=O) groups is 2. The predicted molar refractivity (Wildman–Crippen MR) is 137 cm³/mol. The monoisotopic (exact) mass is 487 g/mol. The number of amides is 2. The predicted octanol–water partition coefficient (Wildman–Crippen LogP) is 3.79. The number of nitrogens with one attached hydrogen (secondary N) is 1. The topological polar surface area (TPSA) is 86.8 Å². The summed E-state index contributed by atoms with van der Waals surface area (Å²) >= 11 is 0. The molecular formula is C26H37N3O4S. The molecule has 0 spiro atoms. The molecule has 34 heavy (non-hydrogen) atoms. The molecule has 2 aromatic rings. The molecule has 0 aliphatic rings. The zero-order valence-corrected chi connectivity index (χ0v) is 21.7. The van der Waals surface area contributed by atoms with Crippen molar-refractivity contribution in [2.75, 3.05) is 23.7 Å². The third-order valence-electron chi connectivity index (χ3n) is 5.78. The second-order valence-corrected chi connectivity index (χ2v) is 10.5. The van der Waals surface area contributed by atoms with Gasteiger partial charge in [-0.15, -0.1) is 0 Å². The van der Waals surface area contributed by atoms with E-state index in [9.17, 15) is 18.0 Å². The van der Waals surface area contributed by atoms with Crippen molar-refractivity contribution in [1.82, 2.24) is 10.2 Å². The molecule has 0 bridgehead atoms. The minimum Gasteiger partial charge on any atom is -0.354 e. The quantitative estimate of drug-likeness (QED) is 0.462. The molecule has 0 aliphatic heterocycles. The standard InChI is InChI=1S/C26H37N3O4S/c1-6-8-17-27-26(31)23(7-2)28(18-22-15-10-9-11-16-22)24(30)19-29(34(5,32)33)25-20(3)13-12-14-21(25)4/h9-16,23H,6-8,17-19H2,1-5H3,(H,27,31)/t23-/m1/s1. The third-order valence-corrected chi connectivity index (χ3v) is 6.89. The van der Waals surface area contributed by atoms with Crippen molar-refractivity contribution in [2.24, 2.45) is 0 Å². The zero-order chi connectivity index (χ0) is 25.3. The maximum atomic E-state index is 13.7. The Labute approximate surface area is 204 Å². The van der Waals surface area contributed by atoms with Gasteiger partial charge in [0.25, 0.3) is 0 Å². The van der Waals surface area contributed by atoms with Crippen LogP contribution in [0.25, 0.3) is 0 Å². The molecule has 0 saturated heterocycles. The summed E-state index contributed by atoms with van der Waals surface area (Å²) in [4.78, 5) is 28.2. The number of sulfonamides is 1. The van der Waals surface area contributed by atoms with Gasteiger partial charge in [0.2, 0.25) is 21.8 Å². The van der Waals surface area contributed by atoms with E-state index in [-0.39, 0.29) is 19.0 Å². The Kier molecular flexibility index (Phi) is 10.1. The maximum Gasteiger partial charge on any atom is 0.244 e. The van der Waals surface area contributed by atoms with Gasteiger partial charge in [-0.2, -0.15) is 0 Å². The van der Waals surface area contributed by atoms with Gasteiger partial charge >= 0.3 is 0 Å². The molecule has 1 atom stereocenters. The summed E-state index contributed by atoms with van der Waals surface area (Å²) in [7, 11) is -3.75. The van der Waals surface area contributed by atoms with Crippen LogP contribution in [-0.2, 0) is 26.2 Å². The van der Waals surface area contributed by atoms with Crippen LogP contribution in [0.4, 0.5) is 5.69 Å². The molecule has 0 radical (unpaired) electrons. The van der Waals surface area contributed by atoms with Crippen molar-refractivity contribution >= 4 is 27.5 Å². The fourth-order valence-electron chi connectivity index (χ4n) is 3.98. The van der Waals surface area contributed by atoms with E-state index in [1.165, 1.54) is 4.90 Å². The lowest BCUT2D eigenvalue weighted by atomic mass is 10.1. The number of nitrogens with zero attached hydrogens (tertiary/aromatic N) is 2. The van der Waals surface area contributed by atoms with Crippen LogP contribution in [-0.4, -0.2) is 50.5 Å². The second kappa shape index (κ2) is 12.6. The number of hydrogen-bond acceptors (Lipinski definition) is 4. The van der Waals surface area contributed by atoms with Crippen molar-refractivity contribution in [3.8, 4) is 0 Å². The van der Waals surface area contributed by atoms with Crippen LogP contribution in [0, 0.1) is 13.8 Å². The van der Waals surface area contributed by atoms with E-state index >= 15 is 0 Å². The van der Waals surface area contributed by atoms with Crippen molar-refractivity contribution in [3.05, 3.63) is 65.2 Å². The first-order valence-electron chi connectivity index (χ1n) is 11.7. The molecule has 0 aromatic heterocycles. The SMILES string of the molecule is CCCCNC(=O)[C@@H](CC)N(Cc1ccccc1)C(=O)CN(c1c(C)cccc1C)S(C)(=O)=O. The van der Waals surface area contributed by atoms with Gasteiger partial charge in [0.15, 0.2) is 0 Å². The Bertz CT molecular complexity index is 1050. The summed E-state index contributed by atoms with van der Waals surface area (Å²) in [5.74, 6) is -0.646. The number of benzene rings is 2. The minimum atomic E-state index is -3.75. The molecule has 0 fully saturated rings. The highest BCUT2D eigenvalue weighted by molar-refractivity contribution is 7.92. The fourth-order valence-corrected chi connectivity index (χ4v) is 4.95. The van der Waals surface area contributed by atoms with Gasteiger partial charge in [0.05, 0.1) is 11.9 Å². The highest BCUT2D eigenvalue weighted by Gasteiger charge is 2.32. The number of hydrogen-bond donors (Lipinski definition) is 1. The van der Waals surface area contributed by atoms with Crippen LogP contribution in [0.3, 0.4) is 0 Å². The lowest BCUT2D eigenvalue weighted by molar-refractivity contribution is -0.140. The normalized spacial score (nSPS) is 12.1. The second-order valence-electron chi connectivity index (χ2n) is 8.59. The number of anilines is 1. The van der Waals surface area contributed by atoms with E-state index in [2.05, 4.69) is 5.32 Å². The Balaban J connectivity index is 2.43. The third kappa shape index (κ3) is 7.32. The van der Waals surface area contributed by atoms with Gasteiger partial charge in [0, 0.05) is 13.1 Å². The molecule has 2 aromatic carbocycles. The van der Waals surface area contributed by atoms with Gasteiger partial charge in [-0.05, 0) is 43.4 Å². The first kappa shape index (κ1) is 27.4. The largest absolute Gasteiger partial charge is 0.354 e. The summed E-state index contributed by atoms with van der Waals surface area (Å²) in [5, 5.41) is 2.92. The lowest BCUT2D eigenvalue weighted by Crippen LogP contribution is -2.52. The Hall–Kier alpha value is -2.87. The van der Waals surface area contributed by atoms with Crippen LogP contribution >= 0.6 is 0 Å². The van der Waals surface area contributed by atoms with Crippen molar-refractivity contribution in [3.63, 3.8) is 0 Å². The molecular weight excluding hydrogens is 450 g/mol. The number of para-hydroxylation sites is 1. The molecule has 8 heteroatoms. The van der Waals surface area contributed by atoms with E-state index in [1.54, 1.807) is 0 Å². The van der Waals surface area contributed by atoms with Crippen LogP contribution in [0.2, 0.25) is 0 Å². The van der Waals surface area contributed by atoms with Crippen molar-refractivity contribution < 1.29 is 18.0 Å². The number of carbonyl (C=O) groups excluding carboxylic acids is 2. The van der Waals surface area contributed by atoms with Crippen molar-refractivity contribution in [1.29, 1.82) is 0 Å². The van der Waals surface area contributed by atoms with Gasteiger partial charge in [-0.3, -0.25) is 13.9 Å². The van der Waals surface area contributed by atoms with Gasteiger partial charge < -0.3 is 10.2 Å². The lowest BCUT2D eigenvalue weighted by Gasteiger charge is -2.33. The molecule has 7 nitrogen and oxygen atoms in total. The molecule has 1 N–H and O–H groups in total. The Morgan fingerprint density at radius 2 is 1.59 bits per heavy atom. The zero-order valence-electron chi connectivity index (χ0n) is 20.9. The molecule has 0 aliphatic carbocycles. The van der Waals surface area contributed by atoms with Crippen LogP contribution < -0.4 is 9.62 Å². The van der Waals surface area contributed by atoms with Crippen molar-refractivity contribution in [2.45, 2.75) is 59.5 Å². The molecule has 2 rings (SSSR count). The van der Waals surface area contributed by atoms with Gasteiger partial charge in [-0.1, -0.05) is 68.8 Å². The smallest absolute Gasteiger partial charge is 0.244 e. The van der Waals surface area contributed by atoms with Crippen LogP contribution in [0.1, 0.15) is 49.8 Å². The van der Waals surface area contributed by atoms with Crippen LogP contribution in [0.15, 0.2) is 48.5 Å². The maximum absolute atomic E-state index is 13.7. The van der Waals surface area contributed by atoms with Gasteiger partial charge in [-0.25, -0.2) is 8.42 Å². The first-order valence-corrected chi connectivity index (χ1v) is 13.6. The van der Waals surface area contributed by atoms with E-state index in [4.69, 9.17) is 0 Å². The molecule has 0 unspecified atom stereocenters.